The maximum Gasteiger partial charge on any atom is 0.0272 e. The lowest BCUT2D eigenvalue weighted by Gasteiger charge is -2.14. The number of nitrogens with two attached hydrogens (primary N) is 1. The van der Waals surface area contributed by atoms with E-state index in [0.717, 1.165) is 5.56 Å². The predicted molar refractivity (Wildman–Crippen MR) is 98.1 cm³/mol. The highest BCUT2D eigenvalue weighted by Crippen LogP contribution is 2.27. The van der Waals surface area contributed by atoms with Crippen molar-refractivity contribution >= 4 is 6.08 Å². The van der Waals surface area contributed by atoms with Crippen molar-refractivity contribution in [3.8, 4) is 0 Å². The molecule has 3 aromatic rings. The zero-order valence-electron chi connectivity index (χ0n) is 13.1. The lowest BCUT2D eigenvalue weighted by atomic mass is 9.90. The first-order valence-electron chi connectivity index (χ1n) is 7.94. The van der Waals surface area contributed by atoms with E-state index in [-0.39, 0.29) is 5.92 Å². The van der Waals surface area contributed by atoms with Crippen molar-refractivity contribution < 1.29 is 0 Å². The maximum atomic E-state index is 5.71. The normalized spacial score (nSPS) is 12.4. The van der Waals surface area contributed by atoms with Gasteiger partial charge in [-0.25, -0.2) is 0 Å². The molecule has 3 rings (SSSR count). The molecule has 0 bridgehead atoms. The summed E-state index contributed by atoms with van der Waals surface area (Å²) in [5, 5.41) is 0. The standard InChI is InChI=1S/C22H21N/c23-17-19-11-14-21(15-12-19)22(20-9-5-2-6-10-20)16-13-18-7-3-1-4-8-18/h1-16,22H,17,23H2/b16-13+. The minimum Gasteiger partial charge on any atom is -0.326 e. The minimum atomic E-state index is 0.239. The average molecular weight is 299 g/mol. The molecule has 2 N–H and O–H groups in total. The largest absolute Gasteiger partial charge is 0.326 e. The highest BCUT2D eigenvalue weighted by Gasteiger charge is 2.10. The molecule has 1 heteroatoms. The lowest BCUT2D eigenvalue weighted by molar-refractivity contribution is 1.01. The fourth-order valence-electron chi connectivity index (χ4n) is 2.71. The van der Waals surface area contributed by atoms with E-state index in [0.29, 0.717) is 6.54 Å². The van der Waals surface area contributed by atoms with Crippen LogP contribution in [0.2, 0.25) is 0 Å². The fourth-order valence-corrected chi connectivity index (χ4v) is 2.71. The van der Waals surface area contributed by atoms with Gasteiger partial charge in [0, 0.05) is 12.5 Å². The summed E-state index contributed by atoms with van der Waals surface area (Å²) >= 11 is 0. The zero-order valence-corrected chi connectivity index (χ0v) is 13.1. The molecule has 0 amide bonds. The Bertz CT molecular complexity index is 743. The molecule has 1 atom stereocenters. The van der Waals surface area contributed by atoms with Crippen molar-refractivity contribution in [3.63, 3.8) is 0 Å². The second-order valence-electron chi connectivity index (χ2n) is 5.60. The molecule has 0 aromatic heterocycles. The monoisotopic (exact) mass is 299 g/mol. The van der Waals surface area contributed by atoms with Gasteiger partial charge in [0.05, 0.1) is 0 Å². The lowest BCUT2D eigenvalue weighted by Crippen LogP contribution is -2.00. The van der Waals surface area contributed by atoms with Crippen LogP contribution in [-0.4, -0.2) is 0 Å². The first kappa shape index (κ1) is 15.3. The molecule has 0 aliphatic heterocycles. The quantitative estimate of drug-likeness (QED) is 0.705. The molecule has 114 valence electrons. The molecule has 0 aliphatic rings. The van der Waals surface area contributed by atoms with E-state index < -0.39 is 0 Å². The molecule has 0 heterocycles. The summed E-state index contributed by atoms with van der Waals surface area (Å²) in [6, 6.07) is 29.6. The Morgan fingerprint density at radius 3 is 1.87 bits per heavy atom. The molecule has 0 radical (unpaired) electrons. The smallest absolute Gasteiger partial charge is 0.0272 e. The Hall–Kier alpha value is -2.64. The van der Waals surface area contributed by atoms with Crippen molar-refractivity contribution in [2.45, 2.75) is 12.5 Å². The van der Waals surface area contributed by atoms with E-state index >= 15 is 0 Å². The third-order valence-electron chi connectivity index (χ3n) is 4.01. The second-order valence-corrected chi connectivity index (χ2v) is 5.60. The highest BCUT2D eigenvalue weighted by molar-refractivity contribution is 5.53. The third kappa shape index (κ3) is 3.97. The van der Waals surface area contributed by atoms with E-state index in [1.54, 1.807) is 0 Å². The van der Waals surface area contributed by atoms with Crippen molar-refractivity contribution in [1.29, 1.82) is 0 Å². The SMILES string of the molecule is NCc1ccc(C(/C=C/c2ccccc2)c2ccccc2)cc1. The molecule has 0 saturated carbocycles. The zero-order chi connectivity index (χ0) is 15.9. The molecule has 23 heavy (non-hydrogen) atoms. The van der Waals surface area contributed by atoms with Gasteiger partial charge in [-0.3, -0.25) is 0 Å². The predicted octanol–water partition coefficient (Wildman–Crippen LogP) is 4.99. The highest BCUT2D eigenvalue weighted by atomic mass is 14.5. The van der Waals surface area contributed by atoms with Crippen LogP contribution >= 0.6 is 0 Å². The first-order valence-corrected chi connectivity index (χ1v) is 7.94. The van der Waals surface area contributed by atoms with Crippen LogP contribution in [0.15, 0.2) is 91.0 Å². The Balaban J connectivity index is 1.95. The van der Waals surface area contributed by atoms with E-state index in [1.165, 1.54) is 16.7 Å². The van der Waals surface area contributed by atoms with Crippen LogP contribution in [0.4, 0.5) is 0 Å². The Morgan fingerprint density at radius 1 is 0.696 bits per heavy atom. The van der Waals surface area contributed by atoms with Crippen LogP contribution in [0.5, 0.6) is 0 Å². The summed E-state index contributed by atoms with van der Waals surface area (Å²) in [6.07, 6.45) is 4.45. The summed E-state index contributed by atoms with van der Waals surface area (Å²) in [7, 11) is 0. The van der Waals surface area contributed by atoms with Crippen LogP contribution in [0.1, 0.15) is 28.2 Å². The van der Waals surface area contributed by atoms with Gasteiger partial charge in [-0.15, -0.1) is 0 Å². The van der Waals surface area contributed by atoms with Gasteiger partial charge in [0.2, 0.25) is 0 Å². The van der Waals surface area contributed by atoms with Crippen molar-refractivity contribution in [1.82, 2.24) is 0 Å². The van der Waals surface area contributed by atoms with Crippen molar-refractivity contribution in [3.05, 3.63) is 113 Å². The van der Waals surface area contributed by atoms with Gasteiger partial charge in [0.1, 0.15) is 0 Å². The van der Waals surface area contributed by atoms with Gasteiger partial charge in [-0.2, -0.15) is 0 Å². The maximum absolute atomic E-state index is 5.71. The third-order valence-corrected chi connectivity index (χ3v) is 4.01. The minimum absolute atomic E-state index is 0.239. The average Bonchev–Trinajstić information content (AvgIpc) is 2.64. The first-order chi connectivity index (χ1) is 11.4. The van der Waals surface area contributed by atoms with Crippen molar-refractivity contribution in [2.75, 3.05) is 0 Å². The molecule has 0 fully saturated rings. The molecular formula is C22H21N. The number of allylic oxidation sites excluding steroid dienone is 1. The second kappa shape index (κ2) is 7.57. The number of rotatable bonds is 5. The molecule has 0 spiro atoms. The van der Waals surface area contributed by atoms with Gasteiger partial charge < -0.3 is 5.73 Å². The van der Waals surface area contributed by atoms with Crippen LogP contribution in [-0.2, 0) is 6.54 Å². The molecule has 0 saturated heterocycles. The van der Waals surface area contributed by atoms with Gasteiger partial charge in [-0.05, 0) is 22.3 Å². The number of hydrogen-bond donors (Lipinski definition) is 1. The Kier molecular flexibility index (Phi) is 5.02. The van der Waals surface area contributed by atoms with Gasteiger partial charge in [0.25, 0.3) is 0 Å². The Labute approximate surface area is 138 Å². The fraction of sp³-hybridized carbons (Fsp3) is 0.0909. The summed E-state index contributed by atoms with van der Waals surface area (Å²) in [5.41, 5.74) is 10.7. The van der Waals surface area contributed by atoms with E-state index in [9.17, 15) is 0 Å². The topological polar surface area (TPSA) is 26.0 Å². The van der Waals surface area contributed by atoms with Crippen LogP contribution < -0.4 is 5.73 Å². The van der Waals surface area contributed by atoms with E-state index in [4.69, 9.17) is 5.73 Å². The molecule has 0 aliphatic carbocycles. The summed E-state index contributed by atoms with van der Waals surface area (Å²) in [5.74, 6) is 0.239. The molecular weight excluding hydrogens is 278 g/mol. The van der Waals surface area contributed by atoms with Gasteiger partial charge in [-0.1, -0.05) is 97.1 Å². The Morgan fingerprint density at radius 2 is 1.26 bits per heavy atom. The summed E-state index contributed by atoms with van der Waals surface area (Å²) in [6.45, 7) is 0.580. The molecule has 3 aromatic carbocycles. The number of hydrogen-bond acceptors (Lipinski definition) is 1. The van der Waals surface area contributed by atoms with E-state index in [1.807, 2.05) is 6.07 Å². The van der Waals surface area contributed by atoms with Crippen LogP contribution in [0.25, 0.3) is 6.08 Å². The number of benzene rings is 3. The summed E-state index contributed by atoms with van der Waals surface area (Å²) in [4.78, 5) is 0. The molecule has 1 unspecified atom stereocenters. The van der Waals surface area contributed by atoms with E-state index in [2.05, 4.69) is 91.0 Å². The van der Waals surface area contributed by atoms with Crippen LogP contribution in [0, 0.1) is 0 Å². The summed E-state index contributed by atoms with van der Waals surface area (Å²) < 4.78 is 0. The van der Waals surface area contributed by atoms with Gasteiger partial charge >= 0.3 is 0 Å². The van der Waals surface area contributed by atoms with Crippen molar-refractivity contribution in [2.24, 2.45) is 5.73 Å². The van der Waals surface area contributed by atoms with Gasteiger partial charge in [0.15, 0.2) is 0 Å². The molecule has 1 nitrogen and oxygen atoms in total. The van der Waals surface area contributed by atoms with Crippen LogP contribution in [0.3, 0.4) is 0 Å².